The highest BCUT2D eigenvalue weighted by atomic mass is 35.5. The summed E-state index contributed by atoms with van der Waals surface area (Å²) >= 11 is 11.8. The van der Waals surface area contributed by atoms with Crippen LogP contribution in [-0.2, 0) is 6.54 Å². The zero-order chi connectivity index (χ0) is 12.3. The van der Waals surface area contributed by atoms with Gasteiger partial charge < -0.3 is 10.4 Å². The van der Waals surface area contributed by atoms with E-state index in [4.69, 9.17) is 23.2 Å². The highest BCUT2D eigenvalue weighted by molar-refractivity contribution is 6.34. The maximum absolute atomic E-state index is 9.55. The summed E-state index contributed by atoms with van der Waals surface area (Å²) in [5.74, 6) is 0. The Morgan fingerprint density at radius 1 is 1.25 bits per heavy atom. The number of aliphatic hydroxyl groups is 1. The molecule has 2 nitrogen and oxygen atoms in total. The molecule has 0 fully saturated rings. The minimum Gasteiger partial charge on any atom is -0.392 e. The van der Waals surface area contributed by atoms with Gasteiger partial charge in [-0.3, -0.25) is 0 Å². The van der Waals surface area contributed by atoms with Crippen molar-refractivity contribution in [2.75, 3.05) is 0 Å². The Kier molecular flexibility index (Phi) is 4.62. The standard InChI is InChI=1S/C12H17Cl2NO/c1-8(16)12(2,3)15-7-9-4-10(13)6-11(14)5-9/h4-6,8,15-16H,7H2,1-3H3. The fourth-order valence-electron chi connectivity index (χ4n) is 1.19. The van der Waals surface area contributed by atoms with E-state index in [0.717, 1.165) is 5.56 Å². The molecule has 0 spiro atoms. The van der Waals surface area contributed by atoms with E-state index < -0.39 is 6.10 Å². The van der Waals surface area contributed by atoms with E-state index in [1.807, 2.05) is 26.0 Å². The molecule has 0 heterocycles. The van der Waals surface area contributed by atoms with E-state index in [1.165, 1.54) is 0 Å². The normalized spacial score (nSPS) is 13.9. The first-order valence-electron chi connectivity index (χ1n) is 5.19. The van der Waals surface area contributed by atoms with Gasteiger partial charge in [0.1, 0.15) is 0 Å². The summed E-state index contributed by atoms with van der Waals surface area (Å²) in [4.78, 5) is 0. The first-order chi connectivity index (χ1) is 7.31. The van der Waals surface area contributed by atoms with Crippen LogP contribution < -0.4 is 5.32 Å². The van der Waals surface area contributed by atoms with Crippen LogP contribution in [0, 0.1) is 0 Å². The van der Waals surface area contributed by atoms with Crippen LogP contribution in [0.5, 0.6) is 0 Å². The van der Waals surface area contributed by atoms with Gasteiger partial charge in [0.2, 0.25) is 0 Å². The van der Waals surface area contributed by atoms with Gasteiger partial charge in [-0.1, -0.05) is 23.2 Å². The van der Waals surface area contributed by atoms with Crippen molar-refractivity contribution in [3.63, 3.8) is 0 Å². The summed E-state index contributed by atoms with van der Waals surface area (Å²) in [6.07, 6.45) is -0.429. The summed E-state index contributed by atoms with van der Waals surface area (Å²) in [5.41, 5.74) is 0.667. The molecule has 1 rings (SSSR count). The lowest BCUT2D eigenvalue weighted by molar-refractivity contribution is 0.0956. The molecule has 0 aromatic heterocycles. The fourth-order valence-corrected chi connectivity index (χ4v) is 1.76. The topological polar surface area (TPSA) is 32.3 Å². The van der Waals surface area contributed by atoms with Crippen LogP contribution in [0.2, 0.25) is 10.0 Å². The molecule has 0 aliphatic heterocycles. The fraction of sp³-hybridized carbons (Fsp3) is 0.500. The monoisotopic (exact) mass is 261 g/mol. The molecule has 2 N–H and O–H groups in total. The summed E-state index contributed by atoms with van der Waals surface area (Å²) in [5, 5.41) is 14.1. The minimum absolute atomic E-state index is 0.338. The number of hydrogen-bond acceptors (Lipinski definition) is 2. The predicted octanol–water partition coefficient (Wildman–Crippen LogP) is 3.24. The van der Waals surface area contributed by atoms with Crippen molar-refractivity contribution in [2.24, 2.45) is 0 Å². The number of hydrogen-bond donors (Lipinski definition) is 2. The maximum atomic E-state index is 9.55. The highest BCUT2D eigenvalue weighted by Crippen LogP contribution is 2.19. The second-order valence-electron chi connectivity index (χ2n) is 4.53. The van der Waals surface area contributed by atoms with Crippen molar-refractivity contribution in [3.05, 3.63) is 33.8 Å². The van der Waals surface area contributed by atoms with Crippen molar-refractivity contribution in [1.29, 1.82) is 0 Å². The smallest absolute Gasteiger partial charge is 0.0688 e. The van der Waals surface area contributed by atoms with E-state index in [9.17, 15) is 5.11 Å². The lowest BCUT2D eigenvalue weighted by Gasteiger charge is -2.29. The van der Waals surface area contributed by atoms with Crippen molar-refractivity contribution in [3.8, 4) is 0 Å². The van der Waals surface area contributed by atoms with Gasteiger partial charge in [-0.15, -0.1) is 0 Å². The quantitative estimate of drug-likeness (QED) is 0.873. The lowest BCUT2D eigenvalue weighted by Crippen LogP contribution is -2.47. The van der Waals surface area contributed by atoms with Crippen LogP contribution in [0.3, 0.4) is 0 Å². The third kappa shape index (κ3) is 3.95. The molecule has 4 heteroatoms. The van der Waals surface area contributed by atoms with Crippen LogP contribution in [0.1, 0.15) is 26.3 Å². The Balaban J connectivity index is 2.68. The number of benzene rings is 1. The molecule has 1 atom stereocenters. The largest absolute Gasteiger partial charge is 0.392 e. The van der Waals surface area contributed by atoms with E-state index >= 15 is 0 Å². The number of halogens is 2. The third-order valence-electron chi connectivity index (χ3n) is 2.71. The van der Waals surface area contributed by atoms with Crippen molar-refractivity contribution >= 4 is 23.2 Å². The predicted molar refractivity (Wildman–Crippen MR) is 69.1 cm³/mol. The Labute approximate surface area is 107 Å². The van der Waals surface area contributed by atoms with Crippen LogP contribution in [0.15, 0.2) is 18.2 Å². The molecule has 90 valence electrons. The minimum atomic E-state index is -0.429. The van der Waals surface area contributed by atoms with Gasteiger partial charge in [0.15, 0.2) is 0 Å². The molecule has 1 unspecified atom stereocenters. The highest BCUT2D eigenvalue weighted by Gasteiger charge is 2.22. The average molecular weight is 262 g/mol. The molecule has 0 bridgehead atoms. The zero-order valence-electron chi connectivity index (χ0n) is 9.72. The third-order valence-corrected chi connectivity index (χ3v) is 3.15. The van der Waals surface area contributed by atoms with Gasteiger partial charge in [0.25, 0.3) is 0 Å². The van der Waals surface area contributed by atoms with E-state index in [1.54, 1.807) is 13.0 Å². The molecular weight excluding hydrogens is 245 g/mol. The van der Waals surface area contributed by atoms with Gasteiger partial charge >= 0.3 is 0 Å². The summed E-state index contributed by atoms with van der Waals surface area (Å²) < 4.78 is 0. The van der Waals surface area contributed by atoms with Crippen molar-refractivity contribution < 1.29 is 5.11 Å². The summed E-state index contributed by atoms with van der Waals surface area (Å²) in [7, 11) is 0. The second kappa shape index (κ2) is 5.37. The molecule has 0 saturated heterocycles. The van der Waals surface area contributed by atoms with Crippen LogP contribution in [0.4, 0.5) is 0 Å². The molecule has 0 saturated carbocycles. The lowest BCUT2D eigenvalue weighted by atomic mass is 9.98. The van der Waals surface area contributed by atoms with E-state index in [-0.39, 0.29) is 5.54 Å². The molecule has 16 heavy (non-hydrogen) atoms. The van der Waals surface area contributed by atoms with Crippen LogP contribution >= 0.6 is 23.2 Å². The number of aliphatic hydroxyl groups excluding tert-OH is 1. The maximum Gasteiger partial charge on any atom is 0.0688 e. The van der Waals surface area contributed by atoms with Gasteiger partial charge in [-0.2, -0.15) is 0 Å². The molecule has 1 aromatic carbocycles. The zero-order valence-corrected chi connectivity index (χ0v) is 11.2. The molecule has 0 aliphatic carbocycles. The Hall–Kier alpha value is -0.280. The number of rotatable bonds is 4. The molecular formula is C12H17Cl2NO. The molecule has 1 aromatic rings. The SMILES string of the molecule is CC(O)C(C)(C)NCc1cc(Cl)cc(Cl)c1. The first-order valence-corrected chi connectivity index (χ1v) is 5.95. The Morgan fingerprint density at radius 2 is 1.75 bits per heavy atom. The molecule has 0 radical (unpaired) electrons. The van der Waals surface area contributed by atoms with Gasteiger partial charge in [0.05, 0.1) is 6.10 Å². The average Bonchev–Trinajstić information content (AvgIpc) is 2.13. The van der Waals surface area contributed by atoms with Gasteiger partial charge in [-0.25, -0.2) is 0 Å². The Bertz CT molecular complexity index is 344. The molecule has 0 aliphatic rings. The number of nitrogens with one attached hydrogen (secondary N) is 1. The van der Waals surface area contributed by atoms with Crippen molar-refractivity contribution in [1.82, 2.24) is 5.32 Å². The second-order valence-corrected chi connectivity index (χ2v) is 5.40. The Morgan fingerprint density at radius 3 is 2.19 bits per heavy atom. The van der Waals surface area contributed by atoms with Crippen molar-refractivity contribution in [2.45, 2.75) is 39.0 Å². The van der Waals surface area contributed by atoms with Gasteiger partial charge in [-0.05, 0) is 44.5 Å². The summed E-state index contributed by atoms with van der Waals surface area (Å²) in [6.45, 7) is 6.28. The first kappa shape index (κ1) is 13.8. The molecule has 0 amide bonds. The van der Waals surface area contributed by atoms with E-state index in [2.05, 4.69) is 5.32 Å². The van der Waals surface area contributed by atoms with Gasteiger partial charge in [0, 0.05) is 22.1 Å². The van der Waals surface area contributed by atoms with Crippen LogP contribution in [0.25, 0.3) is 0 Å². The van der Waals surface area contributed by atoms with Crippen LogP contribution in [-0.4, -0.2) is 16.7 Å². The van der Waals surface area contributed by atoms with E-state index in [0.29, 0.717) is 16.6 Å². The summed E-state index contributed by atoms with van der Waals surface area (Å²) in [6, 6.07) is 5.42.